The molecule has 5 heteroatoms. The van der Waals surface area contributed by atoms with Gasteiger partial charge in [-0.2, -0.15) is 0 Å². The molecule has 0 atom stereocenters. The molecular weight excluding hydrogens is 228 g/mol. The summed E-state index contributed by atoms with van der Waals surface area (Å²) >= 11 is 0. The molecule has 2 aromatic rings. The van der Waals surface area contributed by atoms with Crippen LogP contribution >= 0.6 is 0 Å². The lowest BCUT2D eigenvalue weighted by Crippen LogP contribution is -2.13. The zero-order valence-corrected chi connectivity index (χ0v) is 9.76. The molecule has 92 valence electrons. The summed E-state index contributed by atoms with van der Waals surface area (Å²) in [5, 5.41) is 0. The Morgan fingerprint density at radius 1 is 1.28 bits per heavy atom. The van der Waals surface area contributed by atoms with Crippen LogP contribution in [0.3, 0.4) is 0 Å². The van der Waals surface area contributed by atoms with Crippen molar-refractivity contribution >= 4 is 11.6 Å². The van der Waals surface area contributed by atoms with Crippen LogP contribution in [-0.2, 0) is 6.54 Å². The second kappa shape index (κ2) is 4.85. The van der Waals surface area contributed by atoms with E-state index in [4.69, 9.17) is 17.2 Å². The van der Waals surface area contributed by atoms with Gasteiger partial charge in [0.1, 0.15) is 0 Å². The van der Waals surface area contributed by atoms with E-state index in [9.17, 15) is 4.79 Å². The molecule has 0 aliphatic heterocycles. The number of primary amides is 1. The highest BCUT2D eigenvalue weighted by molar-refractivity contribution is 5.98. The van der Waals surface area contributed by atoms with E-state index in [1.807, 2.05) is 12.1 Å². The standard InChI is InChI=1S/C13H14N4O/c14-7-9-4-3-8(6-11(9)15)12-10(13(16)18)2-1-5-17-12/h1-6H,7,14-15H2,(H2,16,18). The number of amides is 1. The van der Waals surface area contributed by atoms with Crippen molar-refractivity contribution in [3.63, 3.8) is 0 Å². The number of carbonyl (C=O) groups excluding carboxylic acids is 1. The van der Waals surface area contributed by atoms with Gasteiger partial charge in [-0.3, -0.25) is 9.78 Å². The smallest absolute Gasteiger partial charge is 0.250 e. The van der Waals surface area contributed by atoms with Crippen LogP contribution in [-0.4, -0.2) is 10.9 Å². The highest BCUT2D eigenvalue weighted by Gasteiger charge is 2.11. The summed E-state index contributed by atoms with van der Waals surface area (Å²) in [6, 6.07) is 8.70. The minimum Gasteiger partial charge on any atom is -0.398 e. The monoisotopic (exact) mass is 242 g/mol. The second-order valence-corrected chi connectivity index (χ2v) is 3.88. The van der Waals surface area contributed by atoms with Crippen molar-refractivity contribution in [3.8, 4) is 11.3 Å². The van der Waals surface area contributed by atoms with E-state index in [1.165, 1.54) is 0 Å². The predicted octanol–water partition coefficient (Wildman–Crippen LogP) is 0.888. The first-order chi connectivity index (χ1) is 8.63. The summed E-state index contributed by atoms with van der Waals surface area (Å²) in [7, 11) is 0. The molecule has 2 rings (SSSR count). The van der Waals surface area contributed by atoms with Crippen LogP contribution in [0, 0.1) is 0 Å². The number of benzene rings is 1. The number of carbonyl (C=O) groups is 1. The molecule has 18 heavy (non-hydrogen) atoms. The van der Waals surface area contributed by atoms with E-state index in [0.29, 0.717) is 23.5 Å². The van der Waals surface area contributed by atoms with Gasteiger partial charge in [0, 0.05) is 24.0 Å². The maximum atomic E-state index is 11.3. The fourth-order valence-electron chi connectivity index (χ4n) is 1.76. The molecule has 0 saturated heterocycles. The van der Waals surface area contributed by atoms with Crippen LogP contribution in [0.1, 0.15) is 15.9 Å². The number of nitrogen functional groups attached to an aromatic ring is 1. The first kappa shape index (κ1) is 12.1. The largest absolute Gasteiger partial charge is 0.398 e. The molecule has 0 bridgehead atoms. The van der Waals surface area contributed by atoms with Crippen molar-refractivity contribution in [2.45, 2.75) is 6.54 Å². The first-order valence-electron chi connectivity index (χ1n) is 5.47. The predicted molar refractivity (Wildman–Crippen MR) is 70.5 cm³/mol. The number of nitrogens with zero attached hydrogens (tertiary/aromatic N) is 1. The highest BCUT2D eigenvalue weighted by atomic mass is 16.1. The number of aromatic nitrogens is 1. The van der Waals surface area contributed by atoms with Gasteiger partial charge in [0.2, 0.25) is 0 Å². The zero-order valence-electron chi connectivity index (χ0n) is 9.76. The molecule has 0 spiro atoms. The lowest BCUT2D eigenvalue weighted by molar-refractivity contribution is 0.100. The molecule has 6 N–H and O–H groups in total. The van der Waals surface area contributed by atoms with Gasteiger partial charge in [0.15, 0.2) is 0 Å². The van der Waals surface area contributed by atoms with Crippen LogP contribution in [0.4, 0.5) is 5.69 Å². The topological polar surface area (TPSA) is 108 Å². The number of nitrogens with two attached hydrogens (primary N) is 3. The first-order valence-corrected chi connectivity index (χ1v) is 5.47. The van der Waals surface area contributed by atoms with Gasteiger partial charge in [-0.15, -0.1) is 0 Å². The molecule has 0 aliphatic carbocycles. The van der Waals surface area contributed by atoms with E-state index >= 15 is 0 Å². The summed E-state index contributed by atoms with van der Waals surface area (Å²) in [6.45, 7) is 0.372. The molecule has 5 nitrogen and oxygen atoms in total. The third-order valence-electron chi connectivity index (χ3n) is 2.71. The molecular formula is C13H14N4O. The Kier molecular flexibility index (Phi) is 3.25. The Morgan fingerprint density at radius 2 is 2.06 bits per heavy atom. The fraction of sp³-hybridized carbons (Fsp3) is 0.0769. The summed E-state index contributed by atoms with van der Waals surface area (Å²) in [5.74, 6) is -0.514. The number of anilines is 1. The molecule has 0 aliphatic rings. The lowest BCUT2D eigenvalue weighted by Gasteiger charge is -2.08. The molecule has 0 fully saturated rings. The van der Waals surface area contributed by atoms with E-state index < -0.39 is 5.91 Å². The third kappa shape index (κ3) is 2.16. The maximum Gasteiger partial charge on any atom is 0.250 e. The van der Waals surface area contributed by atoms with Gasteiger partial charge in [0.05, 0.1) is 11.3 Å². The minimum absolute atomic E-state index is 0.372. The van der Waals surface area contributed by atoms with Gasteiger partial charge in [-0.1, -0.05) is 12.1 Å². The number of pyridine rings is 1. The summed E-state index contributed by atoms with van der Waals surface area (Å²) < 4.78 is 0. The quantitative estimate of drug-likeness (QED) is 0.694. The Morgan fingerprint density at radius 3 is 2.67 bits per heavy atom. The third-order valence-corrected chi connectivity index (χ3v) is 2.71. The van der Waals surface area contributed by atoms with Crippen molar-refractivity contribution in [3.05, 3.63) is 47.7 Å². The van der Waals surface area contributed by atoms with Gasteiger partial charge in [-0.05, 0) is 23.8 Å². The van der Waals surface area contributed by atoms with Crippen molar-refractivity contribution in [1.29, 1.82) is 0 Å². The fourth-order valence-corrected chi connectivity index (χ4v) is 1.76. The summed E-state index contributed by atoms with van der Waals surface area (Å²) in [6.07, 6.45) is 1.61. The van der Waals surface area contributed by atoms with E-state index in [0.717, 1.165) is 11.1 Å². The van der Waals surface area contributed by atoms with Gasteiger partial charge < -0.3 is 17.2 Å². The van der Waals surface area contributed by atoms with Gasteiger partial charge >= 0.3 is 0 Å². The maximum absolute atomic E-state index is 11.3. The van der Waals surface area contributed by atoms with Gasteiger partial charge in [-0.25, -0.2) is 0 Å². The number of rotatable bonds is 3. The summed E-state index contributed by atoms with van der Waals surface area (Å²) in [4.78, 5) is 15.5. The molecule has 0 saturated carbocycles. The Labute approximate surface area is 105 Å². The van der Waals surface area contributed by atoms with Crippen LogP contribution < -0.4 is 17.2 Å². The molecule has 1 aromatic heterocycles. The second-order valence-electron chi connectivity index (χ2n) is 3.88. The molecule has 1 aromatic carbocycles. The normalized spacial score (nSPS) is 10.3. The van der Waals surface area contributed by atoms with Crippen molar-refractivity contribution in [1.82, 2.24) is 4.98 Å². The Bertz CT molecular complexity index is 595. The van der Waals surface area contributed by atoms with E-state index in [1.54, 1.807) is 24.4 Å². The number of hydrogen-bond donors (Lipinski definition) is 3. The van der Waals surface area contributed by atoms with Crippen molar-refractivity contribution < 1.29 is 4.79 Å². The van der Waals surface area contributed by atoms with Crippen molar-refractivity contribution in [2.75, 3.05) is 5.73 Å². The molecule has 1 heterocycles. The van der Waals surface area contributed by atoms with E-state index in [2.05, 4.69) is 4.98 Å². The van der Waals surface area contributed by atoms with E-state index in [-0.39, 0.29) is 0 Å². The molecule has 0 radical (unpaired) electrons. The lowest BCUT2D eigenvalue weighted by atomic mass is 10.0. The average molecular weight is 242 g/mol. The molecule has 1 amide bonds. The number of hydrogen-bond acceptors (Lipinski definition) is 4. The van der Waals surface area contributed by atoms with Crippen LogP contribution in [0.2, 0.25) is 0 Å². The minimum atomic E-state index is -0.514. The van der Waals surface area contributed by atoms with Crippen LogP contribution in [0.5, 0.6) is 0 Å². The van der Waals surface area contributed by atoms with Crippen LogP contribution in [0.15, 0.2) is 36.5 Å². The average Bonchev–Trinajstić information content (AvgIpc) is 2.38. The van der Waals surface area contributed by atoms with Crippen LogP contribution in [0.25, 0.3) is 11.3 Å². The highest BCUT2D eigenvalue weighted by Crippen LogP contribution is 2.24. The summed E-state index contributed by atoms with van der Waals surface area (Å²) in [5.41, 5.74) is 19.8. The Balaban J connectivity index is 2.55. The zero-order chi connectivity index (χ0) is 13.1. The molecule has 0 unspecified atom stereocenters. The Hall–Kier alpha value is -2.40. The van der Waals surface area contributed by atoms with Crippen molar-refractivity contribution in [2.24, 2.45) is 11.5 Å². The van der Waals surface area contributed by atoms with Gasteiger partial charge in [0.25, 0.3) is 5.91 Å². The SMILES string of the molecule is NCc1ccc(-c2ncccc2C(N)=O)cc1N.